The summed E-state index contributed by atoms with van der Waals surface area (Å²) in [6.45, 7) is 6.18. The Morgan fingerprint density at radius 2 is 1.88 bits per heavy atom. The van der Waals surface area contributed by atoms with Crippen molar-refractivity contribution in [2.45, 2.75) is 36.0 Å². The molecule has 0 saturated heterocycles. The summed E-state index contributed by atoms with van der Waals surface area (Å²) in [6.07, 6.45) is 3.45. The van der Waals surface area contributed by atoms with E-state index in [2.05, 4.69) is 36.2 Å². The normalized spacial score (nSPS) is 11.3. The van der Waals surface area contributed by atoms with Crippen LogP contribution in [-0.4, -0.2) is 16.0 Å². The summed E-state index contributed by atoms with van der Waals surface area (Å²) in [5.74, 6) is 0.931. The first kappa shape index (κ1) is 18.0. The second-order valence-corrected chi connectivity index (χ2v) is 7.93. The van der Waals surface area contributed by atoms with E-state index in [1.807, 2.05) is 24.3 Å². The molecule has 1 amide bonds. The lowest BCUT2D eigenvalue weighted by Gasteiger charge is -2.12. The van der Waals surface area contributed by atoms with E-state index in [1.165, 1.54) is 11.8 Å². The fraction of sp³-hybridized carbons (Fsp3) is 0.211. The van der Waals surface area contributed by atoms with Gasteiger partial charge in [0.25, 0.3) is 0 Å². The number of aromatic nitrogens is 2. The summed E-state index contributed by atoms with van der Waals surface area (Å²) < 4.78 is 5.42. The van der Waals surface area contributed by atoms with Crippen molar-refractivity contribution in [1.29, 1.82) is 0 Å². The molecule has 0 unspecified atom stereocenters. The molecule has 3 aromatic rings. The summed E-state index contributed by atoms with van der Waals surface area (Å²) in [6, 6.07) is 10.9. The summed E-state index contributed by atoms with van der Waals surface area (Å²) in [5, 5.41) is 7.34. The SMILES string of the molecule is CC(C)(C)c1cc(Nc2ccc(C(N)=O)cc2Sc2ccncc2)no1. The molecule has 2 heterocycles. The number of anilines is 2. The number of nitrogens with zero attached hydrogens (tertiary/aromatic N) is 2. The third kappa shape index (κ3) is 4.23. The molecule has 0 spiro atoms. The number of primary amides is 1. The summed E-state index contributed by atoms with van der Waals surface area (Å²) >= 11 is 1.51. The van der Waals surface area contributed by atoms with Gasteiger partial charge in [0, 0.05) is 39.2 Å². The molecule has 0 saturated carbocycles. The number of carbonyl (C=O) groups excluding carboxylic acids is 1. The lowest BCUT2D eigenvalue weighted by Crippen LogP contribution is -2.11. The number of hydrogen-bond donors (Lipinski definition) is 2. The number of nitrogens with one attached hydrogen (secondary N) is 1. The van der Waals surface area contributed by atoms with E-state index in [-0.39, 0.29) is 5.41 Å². The first-order valence-corrected chi connectivity index (χ1v) is 8.90. The number of rotatable bonds is 5. The van der Waals surface area contributed by atoms with Gasteiger partial charge in [0.2, 0.25) is 5.91 Å². The minimum absolute atomic E-state index is 0.128. The summed E-state index contributed by atoms with van der Waals surface area (Å²) in [5.41, 5.74) is 6.55. The molecule has 6 nitrogen and oxygen atoms in total. The van der Waals surface area contributed by atoms with Crippen molar-refractivity contribution in [2.75, 3.05) is 5.32 Å². The van der Waals surface area contributed by atoms with Gasteiger partial charge in [-0.1, -0.05) is 37.7 Å². The van der Waals surface area contributed by atoms with Gasteiger partial charge in [-0.25, -0.2) is 0 Å². The topological polar surface area (TPSA) is 94.0 Å². The molecule has 3 rings (SSSR count). The van der Waals surface area contributed by atoms with Crippen LogP contribution in [0.25, 0.3) is 0 Å². The van der Waals surface area contributed by atoms with Crippen LogP contribution in [0.5, 0.6) is 0 Å². The summed E-state index contributed by atoms with van der Waals surface area (Å²) in [4.78, 5) is 17.4. The maximum atomic E-state index is 11.5. The molecule has 0 aliphatic carbocycles. The molecular formula is C19H20N4O2S. The van der Waals surface area contributed by atoms with Crippen molar-refractivity contribution in [2.24, 2.45) is 5.73 Å². The van der Waals surface area contributed by atoms with Crippen LogP contribution in [0, 0.1) is 0 Å². The van der Waals surface area contributed by atoms with Crippen LogP contribution in [0.1, 0.15) is 36.9 Å². The summed E-state index contributed by atoms with van der Waals surface area (Å²) in [7, 11) is 0. The Morgan fingerprint density at radius 1 is 1.15 bits per heavy atom. The molecule has 1 aromatic carbocycles. The highest BCUT2D eigenvalue weighted by molar-refractivity contribution is 7.99. The van der Waals surface area contributed by atoms with E-state index in [0.29, 0.717) is 11.4 Å². The second kappa shape index (κ2) is 7.21. The van der Waals surface area contributed by atoms with Crippen molar-refractivity contribution >= 4 is 29.2 Å². The standard InChI is InChI=1S/C19H20N4O2S/c1-19(2,3)16-11-17(23-25-16)22-14-5-4-12(18(20)24)10-15(14)26-13-6-8-21-9-7-13/h4-11H,1-3H3,(H2,20,24)(H,22,23). The molecule has 0 aliphatic heterocycles. The third-order valence-electron chi connectivity index (χ3n) is 3.66. The minimum Gasteiger partial charge on any atom is -0.366 e. The predicted molar refractivity (Wildman–Crippen MR) is 102 cm³/mol. The number of hydrogen-bond acceptors (Lipinski definition) is 6. The van der Waals surface area contributed by atoms with E-state index in [0.717, 1.165) is 21.2 Å². The average molecular weight is 368 g/mol. The number of amides is 1. The van der Waals surface area contributed by atoms with E-state index < -0.39 is 5.91 Å². The van der Waals surface area contributed by atoms with Gasteiger partial charge in [-0.05, 0) is 30.3 Å². The highest BCUT2D eigenvalue weighted by Crippen LogP contribution is 2.36. The third-order valence-corrected chi connectivity index (χ3v) is 4.72. The van der Waals surface area contributed by atoms with E-state index in [9.17, 15) is 4.79 Å². The molecular weight excluding hydrogens is 348 g/mol. The maximum Gasteiger partial charge on any atom is 0.248 e. The van der Waals surface area contributed by atoms with Crippen molar-refractivity contribution in [3.63, 3.8) is 0 Å². The Morgan fingerprint density at radius 3 is 2.50 bits per heavy atom. The van der Waals surface area contributed by atoms with Gasteiger partial charge in [-0.2, -0.15) is 0 Å². The molecule has 3 N–H and O–H groups in total. The number of nitrogens with two attached hydrogens (primary N) is 1. The van der Waals surface area contributed by atoms with Crippen molar-refractivity contribution in [3.8, 4) is 0 Å². The lowest BCUT2D eigenvalue weighted by molar-refractivity contribution is 0.1000. The van der Waals surface area contributed by atoms with E-state index >= 15 is 0 Å². The van der Waals surface area contributed by atoms with Crippen LogP contribution in [0.3, 0.4) is 0 Å². The Kier molecular flexibility index (Phi) is 4.99. The monoisotopic (exact) mass is 368 g/mol. The first-order valence-electron chi connectivity index (χ1n) is 8.09. The second-order valence-electron chi connectivity index (χ2n) is 6.81. The molecule has 7 heteroatoms. The number of carbonyl (C=O) groups is 1. The zero-order valence-electron chi connectivity index (χ0n) is 14.8. The molecule has 0 aliphatic rings. The Bertz CT molecular complexity index is 917. The highest BCUT2D eigenvalue weighted by atomic mass is 32.2. The maximum absolute atomic E-state index is 11.5. The minimum atomic E-state index is -0.468. The molecule has 0 bridgehead atoms. The predicted octanol–water partition coefficient (Wildman–Crippen LogP) is 4.36. The fourth-order valence-electron chi connectivity index (χ4n) is 2.22. The first-order chi connectivity index (χ1) is 12.3. The van der Waals surface area contributed by atoms with Gasteiger partial charge < -0.3 is 15.6 Å². The Balaban J connectivity index is 1.92. The van der Waals surface area contributed by atoms with Crippen LogP contribution in [0.2, 0.25) is 0 Å². The van der Waals surface area contributed by atoms with E-state index in [1.54, 1.807) is 24.5 Å². The van der Waals surface area contributed by atoms with Gasteiger partial charge in [0.15, 0.2) is 5.82 Å². The Labute approximate surface area is 156 Å². The van der Waals surface area contributed by atoms with Gasteiger partial charge in [0.05, 0.1) is 5.69 Å². The zero-order chi connectivity index (χ0) is 18.7. The number of pyridine rings is 1. The number of benzene rings is 1. The largest absolute Gasteiger partial charge is 0.366 e. The van der Waals surface area contributed by atoms with Crippen molar-refractivity contribution in [1.82, 2.24) is 10.1 Å². The zero-order valence-corrected chi connectivity index (χ0v) is 15.6. The lowest BCUT2D eigenvalue weighted by atomic mass is 9.93. The average Bonchev–Trinajstić information content (AvgIpc) is 3.06. The molecule has 2 aromatic heterocycles. The van der Waals surface area contributed by atoms with Crippen LogP contribution in [-0.2, 0) is 5.41 Å². The van der Waals surface area contributed by atoms with Crippen LogP contribution in [0.15, 0.2) is 63.1 Å². The van der Waals surface area contributed by atoms with Crippen LogP contribution >= 0.6 is 11.8 Å². The van der Waals surface area contributed by atoms with E-state index in [4.69, 9.17) is 10.3 Å². The Hall–Kier alpha value is -2.80. The van der Waals surface area contributed by atoms with Gasteiger partial charge in [0.1, 0.15) is 5.76 Å². The van der Waals surface area contributed by atoms with Crippen LogP contribution < -0.4 is 11.1 Å². The fourth-order valence-corrected chi connectivity index (χ4v) is 3.15. The molecule has 0 atom stereocenters. The molecule has 134 valence electrons. The quantitative estimate of drug-likeness (QED) is 0.695. The molecule has 0 radical (unpaired) electrons. The molecule has 26 heavy (non-hydrogen) atoms. The van der Waals surface area contributed by atoms with Gasteiger partial charge >= 0.3 is 0 Å². The van der Waals surface area contributed by atoms with Crippen molar-refractivity contribution < 1.29 is 9.32 Å². The molecule has 0 fully saturated rings. The van der Waals surface area contributed by atoms with Gasteiger partial charge in [-0.3, -0.25) is 9.78 Å². The smallest absolute Gasteiger partial charge is 0.248 e. The van der Waals surface area contributed by atoms with Gasteiger partial charge in [-0.15, -0.1) is 0 Å². The van der Waals surface area contributed by atoms with Crippen molar-refractivity contribution in [3.05, 3.63) is 60.1 Å². The highest BCUT2D eigenvalue weighted by Gasteiger charge is 2.20. The van der Waals surface area contributed by atoms with Crippen LogP contribution in [0.4, 0.5) is 11.5 Å².